The second-order valence-electron chi connectivity index (χ2n) is 5.30. The highest BCUT2D eigenvalue weighted by atomic mass is 32.1. The second kappa shape index (κ2) is 5.36. The number of carbonyl (C=O) groups excluding carboxylic acids is 1. The third-order valence-corrected chi connectivity index (χ3v) is 5.31. The molecule has 5 nitrogen and oxygen atoms in total. The lowest BCUT2D eigenvalue weighted by Gasteiger charge is -2.01. The number of nitrogens with zero attached hydrogens (tertiary/aromatic N) is 3. The van der Waals surface area contributed by atoms with Gasteiger partial charge in [0.2, 0.25) is 0 Å². The van der Waals surface area contributed by atoms with Crippen molar-refractivity contribution < 1.29 is 4.79 Å². The average molecular weight is 340 g/mol. The average Bonchev–Trinajstić information content (AvgIpc) is 3.16. The smallest absolute Gasteiger partial charge is 0.257 e. The molecule has 0 saturated carbocycles. The Morgan fingerprint density at radius 2 is 1.91 bits per heavy atom. The molecule has 23 heavy (non-hydrogen) atoms. The van der Waals surface area contributed by atoms with Gasteiger partial charge in [-0.2, -0.15) is 8.75 Å². The van der Waals surface area contributed by atoms with Crippen molar-refractivity contribution in [3.05, 3.63) is 47.0 Å². The first-order chi connectivity index (χ1) is 11.1. The van der Waals surface area contributed by atoms with Crippen molar-refractivity contribution in [1.29, 1.82) is 0 Å². The highest BCUT2D eigenvalue weighted by Gasteiger charge is 2.13. The van der Waals surface area contributed by atoms with Crippen LogP contribution in [-0.4, -0.2) is 19.6 Å². The van der Waals surface area contributed by atoms with Gasteiger partial charge < -0.3 is 0 Å². The number of aromatic nitrogens is 3. The van der Waals surface area contributed by atoms with E-state index >= 15 is 0 Å². The van der Waals surface area contributed by atoms with E-state index < -0.39 is 0 Å². The summed E-state index contributed by atoms with van der Waals surface area (Å²) >= 11 is 2.62. The summed E-state index contributed by atoms with van der Waals surface area (Å²) in [5, 5.41) is 3.48. The van der Waals surface area contributed by atoms with Gasteiger partial charge in [0, 0.05) is 5.56 Å². The minimum atomic E-state index is -0.187. The van der Waals surface area contributed by atoms with Crippen molar-refractivity contribution in [2.24, 2.45) is 0 Å². The Kier molecular flexibility index (Phi) is 3.32. The van der Waals surface area contributed by atoms with Crippen LogP contribution < -0.4 is 5.32 Å². The molecule has 4 rings (SSSR count). The third-order valence-electron chi connectivity index (χ3n) is 3.82. The largest absolute Gasteiger partial charge is 0.298 e. The van der Waals surface area contributed by atoms with E-state index in [1.165, 1.54) is 16.9 Å². The zero-order chi connectivity index (χ0) is 16.0. The summed E-state index contributed by atoms with van der Waals surface area (Å²) in [5.74, 6) is -0.187. The van der Waals surface area contributed by atoms with Gasteiger partial charge in [-0.3, -0.25) is 10.1 Å². The van der Waals surface area contributed by atoms with Crippen LogP contribution in [0.1, 0.15) is 21.5 Å². The van der Waals surface area contributed by atoms with E-state index in [1.807, 2.05) is 13.0 Å². The lowest BCUT2D eigenvalue weighted by molar-refractivity contribution is 0.102. The number of amides is 1. The Hall–Kier alpha value is -2.38. The fraction of sp³-hybridized carbons (Fsp3) is 0.125. The van der Waals surface area contributed by atoms with Crippen LogP contribution in [0.2, 0.25) is 0 Å². The lowest BCUT2D eigenvalue weighted by atomic mass is 10.1. The molecule has 0 atom stereocenters. The van der Waals surface area contributed by atoms with Crippen LogP contribution >= 0.6 is 23.1 Å². The molecule has 0 saturated heterocycles. The van der Waals surface area contributed by atoms with Crippen LogP contribution in [0, 0.1) is 13.8 Å². The third kappa shape index (κ3) is 2.47. The van der Waals surface area contributed by atoms with Crippen LogP contribution in [0.3, 0.4) is 0 Å². The zero-order valence-electron chi connectivity index (χ0n) is 12.5. The molecule has 0 aliphatic carbocycles. The van der Waals surface area contributed by atoms with Gasteiger partial charge in [0.05, 0.1) is 21.9 Å². The number of carbonyl (C=O) groups is 1. The predicted molar refractivity (Wildman–Crippen MR) is 94.5 cm³/mol. The number of benzene rings is 2. The fourth-order valence-electron chi connectivity index (χ4n) is 2.37. The van der Waals surface area contributed by atoms with Gasteiger partial charge >= 0.3 is 0 Å². The van der Waals surface area contributed by atoms with E-state index in [0.29, 0.717) is 10.7 Å². The summed E-state index contributed by atoms with van der Waals surface area (Å²) in [6, 6.07) is 9.42. The Bertz CT molecular complexity index is 1050. The number of anilines is 1. The van der Waals surface area contributed by atoms with E-state index in [0.717, 1.165) is 38.5 Å². The molecular weight excluding hydrogens is 328 g/mol. The van der Waals surface area contributed by atoms with E-state index in [9.17, 15) is 4.79 Å². The maximum atomic E-state index is 12.4. The Balaban J connectivity index is 1.66. The van der Waals surface area contributed by atoms with Crippen molar-refractivity contribution in [3.63, 3.8) is 0 Å². The summed E-state index contributed by atoms with van der Waals surface area (Å²) in [5.41, 5.74) is 5.38. The van der Waals surface area contributed by atoms with Crippen molar-refractivity contribution in [3.8, 4) is 0 Å². The van der Waals surface area contributed by atoms with Crippen LogP contribution in [-0.2, 0) is 0 Å². The molecule has 2 heterocycles. The van der Waals surface area contributed by atoms with Gasteiger partial charge in [-0.25, -0.2) is 4.98 Å². The SMILES string of the molecule is Cc1ccc2sc(NC(=O)c3ccc4nsnc4c3)nc2c1C. The zero-order valence-corrected chi connectivity index (χ0v) is 14.1. The van der Waals surface area contributed by atoms with E-state index in [-0.39, 0.29) is 5.91 Å². The number of fused-ring (bicyclic) bond motifs is 2. The van der Waals surface area contributed by atoms with Crippen molar-refractivity contribution in [2.75, 3.05) is 5.32 Å². The standard InChI is InChI=1S/C16H12N4OS2/c1-8-3-6-13-14(9(8)2)17-16(22-13)18-15(21)10-4-5-11-12(7-10)20-23-19-11/h3-7H,1-2H3,(H,17,18,21). The quantitative estimate of drug-likeness (QED) is 0.595. The molecule has 4 aromatic rings. The highest BCUT2D eigenvalue weighted by molar-refractivity contribution is 7.22. The first-order valence-electron chi connectivity index (χ1n) is 7.02. The molecular formula is C16H12N4OS2. The van der Waals surface area contributed by atoms with Gasteiger partial charge in [-0.1, -0.05) is 17.4 Å². The van der Waals surface area contributed by atoms with Crippen molar-refractivity contribution in [2.45, 2.75) is 13.8 Å². The molecule has 0 bridgehead atoms. The molecule has 1 N–H and O–H groups in total. The molecule has 0 radical (unpaired) electrons. The summed E-state index contributed by atoms with van der Waals surface area (Å²) in [7, 11) is 0. The molecule has 0 fully saturated rings. The van der Waals surface area contributed by atoms with Gasteiger partial charge in [0.1, 0.15) is 11.0 Å². The van der Waals surface area contributed by atoms with E-state index in [1.54, 1.807) is 18.2 Å². The second-order valence-corrected chi connectivity index (χ2v) is 6.85. The number of nitrogens with one attached hydrogen (secondary N) is 1. The Labute approximate surface area is 140 Å². The molecule has 2 aromatic heterocycles. The van der Waals surface area contributed by atoms with Crippen LogP contribution in [0.15, 0.2) is 30.3 Å². The number of rotatable bonds is 2. The first kappa shape index (κ1) is 14.2. The molecule has 1 amide bonds. The summed E-state index contributed by atoms with van der Waals surface area (Å²) in [6.07, 6.45) is 0. The number of thiazole rings is 1. The van der Waals surface area contributed by atoms with Crippen LogP contribution in [0.5, 0.6) is 0 Å². The summed E-state index contributed by atoms with van der Waals surface area (Å²) in [6.45, 7) is 4.11. The lowest BCUT2D eigenvalue weighted by Crippen LogP contribution is -2.11. The van der Waals surface area contributed by atoms with Gasteiger partial charge in [0.15, 0.2) is 5.13 Å². The van der Waals surface area contributed by atoms with Crippen molar-refractivity contribution >= 4 is 55.4 Å². The molecule has 0 spiro atoms. The summed E-state index contributed by atoms with van der Waals surface area (Å²) < 4.78 is 9.37. The molecule has 0 aliphatic rings. The topological polar surface area (TPSA) is 67.8 Å². The van der Waals surface area contributed by atoms with Crippen LogP contribution in [0.4, 0.5) is 5.13 Å². The monoisotopic (exact) mass is 340 g/mol. The van der Waals surface area contributed by atoms with E-state index in [2.05, 4.69) is 32.0 Å². The van der Waals surface area contributed by atoms with Crippen LogP contribution in [0.25, 0.3) is 21.3 Å². The van der Waals surface area contributed by atoms with Gasteiger partial charge in [0.25, 0.3) is 5.91 Å². The highest BCUT2D eigenvalue weighted by Crippen LogP contribution is 2.30. The predicted octanol–water partition coefficient (Wildman–Crippen LogP) is 4.17. The molecule has 7 heteroatoms. The minimum Gasteiger partial charge on any atom is -0.298 e. The normalized spacial score (nSPS) is 11.2. The molecule has 0 aliphatic heterocycles. The fourth-order valence-corrected chi connectivity index (χ4v) is 3.81. The molecule has 0 unspecified atom stereocenters. The maximum absolute atomic E-state index is 12.4. The number of aryl methyl sites for hydroxylation is 2. The minimum absolute atomic E-state index is 0.187. The first-order valence-corrected chi connectivity index (χ1v) is 8.57. The Morgan fingerprint density at radius 3 is 2.78 bits per heavy atom. The van der Waals surface area contributed by atoms with Gasteiger partial charge in [-0.15, -0.1) is 0 Å². The number of hydrogen-bond donors (Lipinski definition) is 1. The molecule has 114 valence electrons. The van der Waals surface area contributed by atoms with Crippen molar-refractivity contribution in [1.82, 2.24) is 13.7 Å². The number of hydrogen-bond acceptors (Lipinski definition) is 6. The summed E-state index contributed by atoms with van der Waals surface area (Å²) in [4.78, 5) is 17.0. The maximum Gasteiger partial charge on any atom is 0.257 e. The van der Waals surface area contributed by atoms with E-state index in [4.69, 9.17) is 0 Å². The van der Waals surface area contributed by atoms with Gasteiger partial charge in [-0.05, 0) is 49.2 Å². The molecule has 2 aromatic carbocycles. The Morgan fingerprint density at radius 1 is 1.09 bits per heavy atom.